The van der Waals surface area contributed by atoms with Crippen LogP contribution in [0.5, 0.6) is 0 Å². The number of halogens is 1. The fraction of sp³-hybridized carbons (Fsp3) is 0.333. The molecule has 1 aliphatic carbocycles. The number of nitro groups is 1. The van der Waals surface area contributed by atoms with Gasteiger partial charge in [-0.25, -0.2) is 0 Å². The second-order valence-electron chi connectivity index (χ2n) is 3.20. The number of rotatable bonds is 2. The largest absolute Gasteiger partial charge is 0.273 e. The first-order chi connectivity index (χ1) is 6.20. The fourth-order valence-corrected chi connectivity index (χ4v) is 2.14. The molecule has 4 heteroatoms. The fourth-order valence-electron chi connectivity index (χ4n) is 1.46. The van der Waals surface area contributed by atoms with Crippen molar-refractivity contribution in [1.29, 1.82) is 0 Å². The molecule has 3 nitrogen and oxygen atoms in total. The highest BCUT2D eigenvalue weighted by molar-refractivity contribution is 9.10. The lowest BCUT2D eigenvalue weighted by Crippen LogP contribution is -1.94. The Hall–Kier alpha value is -0.900. The summed E-state index contributed by atoms with van der Waals surface area (Å²) in [6.45, 7) is 0. The first-order valence-electron chi connectivity index (χ1n) is 4.13. The van der Waals surface area contributed by atoms with Gasteiger partial charge in [0.05, 0.1) is 4.92 Å². The summed E-state index contributed by atoms with van der Waals surface area (Å²) in [5.41, 5.74) is 1.12. The van der Waals surface area contributed by atoms with E-state index in [-0.39, 0.29) is 10.6 Å². The topological polar surface area (TPSA) is 43.1 Å². The third kappa shape index (κ3) is 1.58. The summed E-state index contributed by atoms with van der Waals surface area (Å²) in [5, 5.41) is 10.7. The minimum Gasteiger partial charge on any atom is -0.258 e. The van der Waals surface area contributed by atoms with Gasteiger partial charge in [0.1, 0.15) is 0 Å². The van der Waals surface area contributed by atoms with Crippen LogP contribution in [0, 0.1) is 10.1 Å². The van der Waals surface area contributed by atoms with Gasteiger partial charge in [0, 0.05) is 16.1 Å². The van der Waals surface area contributed by atoms with Crippen molar-refractivity contribution in [3.8, 4) is 0 Å². The Balaban J connectivity index is 2.53. The molecule has 13 heavy (non-hydrogen) atoms. The van der Waals surface area contributed by atoms with Crippen molar-refractivity contribution in [3.63, 3.8) is 0 Å². The van der Waals surface area contributed by atoms with Crippen LogP contribution in [-0.4, -0.2) is 4.92 Å². The highest BCUT2D eigenvalue weighted by Gasteiger charge is 2.32. The van der Waals surface area contributed by atoms with Crippen molar-refractivity contribution >= 4 is 21.6 Å². The van der Waals surface area contributed by atoms with E-state index in [9.17, 15) is 10.1 Å². The second kappa shape index (κ2) is 3.10. The number of hydrogen-bond acceptors (Lipinski definition) is 2. The quantitative estimate of drug-likeness (QED) is 0.590. The van der Waals surface area contributed by atoms with Gasteiger partial charge in [0.15, 0.2) is 0 Å². The maximum absolute atomic E-state index is 10.7. The van der Waals surface area contributed by atoms with E-state index in [1.807, 2.05) is 6.07 Å². The highest BCUT2D eigenvalue weighted by atomic mass is 79.9. The van der Waals surface area contributed by atoms with Crippen molar-refractivity contribution in [2.24, 2.45) is 0 Å². The molecule has 0 radical (unpaired) electrons. The molecule has 0 heterocycles. The van der Waals surface area contributed by atoms with E-state index in [4.69, 9.17) is 0 Å². The third-order valence-corrected chi connectivity index (χ3v) is 2.90. The van der Waals surface area contributed by atoms with Gasteiger partial charge in [-0.05, 0) is 24.8 Å². The van der Waals surface area contributed by atoms with Crippen molar-refractivity contribution in [2.45, 2.75) is 18.8 Å². The molecule has 0 aliphatic heterocycles. The molecule has 0 bridgehead atoms. The lowest BCUT2D eigenvalue weighted by Gasteiger charge is -2.02. The summed E-state index contributed by atoms with van der Waals surface area (Å²) in [7, 11) is 0. The van der Waals surface area contributed by atoms with Crippen molar-refractivity contribution in [2.75, 3.05) is 0 Å². The molecule has 1 aliphatic rings. The van der Waals surface area contributed by atoms with E-state index >= 15 is 0 Å². The molecular weight excluding hydrogens is 234 g/mol. The lowest BCUT2D eigenvalue weighted by molar-refractivity contribution is -0.385. The van der Waals surface area contributed by atoms with Crippen LogP contribution in [0.3, 0.4) is 0 Å². The maximum atomic E-state index is 10.7. The maximum Gasteiger partial charge on any atom is 0.273 e. The van der Waals surface area contributed by atoms with Crippen LogP contribution >= 0.6 is 15.9 Å². The summed E-state index contributed by atoms with van der Waals surface area (Å²) < 4.78 is 0.865. The van der Waals surface area contributed by atoms with E-state index in [2.05, 4.69) is 15.9 Å². The molecule has 2 rings (SSSR count). The average molecular weight is 242 g/mol. The molecule has 0 amide bonds. The zero-order valence-corrected chi connectivity index (χ0v) is 8.45. The Kier molecular flexibility index (Phi) is 2.07. The normalized spacial score (nSPS) is 15.8. The van der Waals surface area contributed by atoms with Crippen LogP contribution < -0.4 is 0 Å². The summed E-state index contributed by atoms with van der Waals surface area (Å²) in [4.78, 5) is 10.4. The standard InChI is InChI=1S/C9H8BrNO2/c10-7-2-1-3-8(11(12)13)9(7)6-4-5-6/h1-3,6H,4-5H2. The molecule has 0 saturated heterocycles. The molecule has 1 saturated carbocycles. The number of nitrogens with zero attached hydrogens (tertiary/aromatic N) is 1. The minimum atomic E-state index is -0.307. The zero-order chi connectivity index (χ0) is 9.42. The van der Waals surface area contributed by atoms with Gasteiger partial charge in [0.2, 0.25) is 0 Å². The molecule has 1 aromatic carbocycles. The predicted octanol–water partition coefficient (Wildman–Crippen LogP) is 3.23. The molecule has 0 aromatic heterocycles. The van der Waals surface area contributed by atoms with Gasteiger partial charge in [-0.3, -0.25) is 10.1 Å². The van der Waals surface area contributed by atoms with Gasteiger partial charge >= 0.3 is 0 Å². The van der Waals surface area contributed by atoms with Gasteiger partial charge in [-0.1, -0.05) is 22.0 Å². The molecule has 1 fully saturated rings. The summed E-state index contributed by atoms with van der Waals surface area (Å²) in [6, 6.07) is 5.13. The van der Waals surface area contributed by atoms with Crippen LogP contribution in [0.1, 0.15) is 24.3 Å². The number of hydrogen-bond donors (Lipinski definition) is 0. The zero-order valence-electron chi connectivity index (χ0n) is 6.87. The Morgan fingerprint density at radius 2 is 2.15 bits per heavy atom. The van der Waals surface area contributed by atoms with Crippen molar-refractivity contribution < 1.29 is 4.92 Å². The van der Waals surface area contributed by atoms with E-state index in [0.29, 0.717) is 5.92 Å². The summed E-state index contributed by atoms with van der Waals surface area (Å²) in [6.07, 6.45) is 2.15. The van der Waals surface area contributed by atoms with Gasteiger partial charge < -0.3 is 0 Å². The second-order valence-corrected chi connectivity index (χ2v) is 4.06. The van der Waals surface area contributed by atoms with E-state index < -0.39 is 0 Å². The molecule has 0 N–H and O–H groups in total. The Morgan fingerprint density at radius 1 is 1.46 bits per heavy atom. The van der Waals surface area contributed by atoms with Crippen LogP contribution in [0.4, 0.5) is 5.69 Å². The molecule has 0 unspecified atom stereocenters. The monoisotopic (exact) mass is 241 g/mol. The lowest BCUT2D eigenvalue weighted by atomic mass is 10.1. The minimum absolute atomic E-state index is 0.247. The number of nitro benzene ring substituents is 1. The summed E-state index contributed by atoms with van der Waals surface area (Å²) >= 11 is 3.35. The van der Waals surface area contributed by atoms with E-state index in [1.165, 1.54) is 0 Å². The van der Waals surface area contributed by atoms with Crippen LogP contribution in [-0.2, 0) is 0 Å². The third-order valence-electron chi connectivity index (χ3n) is 2.21. The van der Waals surface area contributed by atoms with Crippen molar-refractivity contribution in [1.82, 2.24) is 0 Å². The van der Waals surface area contributed by atoms with Crippen molar-refractivity contribution in [3.05, 3.63) is 38.3 Å². The van der Waals surface area contributed by atoms with Gasteiger partial charge in [0.25, 0.3) is 5.69 Å². The highest BCUT2D eigenvalue weighted by Crippen LogP contribution is 2.47. The summed E-state index contributed by atoms with van der Waals surface area (Å²) in [5.74, 6) is 0.399. The first kappa shape index (κ1) is 8.69. The van der Waals surface area contributed by atoms with Crippen LogP contribution in [0.15, 0.2) is 22.7 Å². The average Bonchev–Trinajstić information content (AvgIpc) is 2.86. The Labute approximate surface area is 84.0 Å². The van der Waals surface area contributed by atoms with E-state index in [0.717, 1.165) is 22.9 Å². The smallest absolute Gasteiger partial charge is 0.258 e. The number of benzene rings is 1. The molecular formula is C9H8BrNO2. The van der Waals surface area contributed by atoms with Gasteiger partial charge in [-0.15, -0.1) is 0 Å². The molecule has 0 spiro atoms. The predicted molar refractivity (Wildman–Crippen MR) is 52.8 cm³/mol. The molecule has 0 atom stereocenters. The Bertz CT molecular complexity index is 361. The van der Waals surface area contributed by atoms with Gasteiger partial charge in [-0.2, -0.15) is 0 Å². The Morgan fingerprint density at radius 3 is 2.69 bits per heavy atom. The first-order valence-corrected chi connectivity index (χ1v) is 4.92. The SMILES string of the molecule is O=[N+]([O-])c1cccc(Br)c1C1CC1. The molecule has 68 valence electrons. The molecule has 1 aromatic rings. The van der Waals surface area contributed by atoms with Crippen LogP contribution in [0.25, 0.3) is 0 Å². The van der Waals surface area contributed by atoms with E-state index in [1.54, 1.807) is 12.1 Å². The van der Waals surface area contributed by atoms with Crippen LogP contribution in [0.2, 0.25) is 0 Å².